The van der Waals surface area contributed by atoms with Crippen molar-refractivity contribution >= 4 is 12.0 Å². The summed E-state index contributed by atoms with van der Waals surface area (Å²) in [6.45, 7) is 6.40. The molecule has 6 heteroatoms. The number of amides is 1. The lowest BCUT2D eigenvalue weighted by atomic mass is 10.1. The Morgan fingerprint density at radius 3 is 3.04 bits per heavy atom. The number of nitrogens with one attached hydrogen (secondary N) is 1. The number of hydrogen-bond acceptors (Lipinski definition) is 4. The number of aromatic nitrogens is 2. The van der Waals surface area contributed by atoms with Crippen molar-refractivity contribution in [2.75, 3.05) is 26.3 Å². The molecule has 0 bridgehead atoms. The third-order valence-electron chi connectivity index (χ3n) is 4.83. The number of morpholine rings is 1. The number of hydrogen-bond donors (Lipinski definition) is 1. The molecule has 1 N–H and O–H groups in total. The summed E-state index contributed by atoms with van der Waals surface area (Å²) < 4.78 is 7.64. The van der Waals surface area contributed by atoms with E-state index in [1.807, 2.05) is 22.8 Å². The van der Waals surface area contributed by atoms with Crippen LogP contribution in [0.4, 0.5) is 0 Å². The standard InChI is InChI=1S/C21H28N4O2/c1-2-24-17-22-14-20(24)15-23-21(26)13-19-16-27-12-11-25(19)10-6-9-18-7-4-3-5-8-18/h3-9,14,17,19H,2,10-13,15-16H2,1H3,(H,23,26). The van der Waals surface area contributed by atoms with Gasteiger partial charge in [0.25, 0.3) is 0 Å². The predicted octanol–water partition coefficient (Wildman–Crippen LogP) is 2.32. The number of imidazole rings is 1. The molecule has 1 aliphatic heterocycles. The Hall–Kier alpha value is -2.44. The molecule has 0 saturated carbocycles. The molecule has 1 atom stereocenters. The number of carbonyl (C=O) groups is 1. The molecule has 2 aromatic rings. The number of rotatable bonds is 8. The van der Waals surface area contributed by atoms with E-state index in [1.165, 1.54) is 5.56 Å². The Morgan fingerprint density at radius 2 is 2.22 bits per heavy atom. The van der Waals surface area contributed by atoms with E-state index >= 15 is 0 Å². The van der Waals surface area contributed by atoms with E-state index < -0.39 is 0 Å². The smallest absolute Gasteiger partial charge is 0.221 e. The largest absolute Gasteiger partial charge is 0.378 e. The van der Waals surface area contributed by atoms with Gasteiger partial charge in [-0.15, -0.1) is 0 Å². The summed E-state index contributed by atoms with van der Waals surface area (Å²) in [6, 6.07) is 10.4. The minimum absolute atomic E-state index is 0.0476. The molecule has 1 unspecified atom stereocenters. The van der Waals surface area contributed by atoms with Crippen molar-refractivity contribution in [1.82, 2.24) is 19.8 Å². The second-order valence-corrected chi connectivity index (χ2v) is 6.69. The molecule has 1 saturated heterocycles. The van der Waals surface area contributed by atoms with Gasteiger partial charge in [0.15, 0.2) is 0 Å². The van der Waals surface area contributed by atoms with Crippen LogP contribution in [0.2, 0.25) is 0 Å². The normalized spacial score (nSPS) is 18.0. The van der Waals surface area contributed by atoms with Gasteiger partial charge >= 0.3 is 0 Å². The van der Waals surface area contributed by atoms with Crippen LogP contribution in [-0.2, 0) is 22.6 Å². The van der Waals surface area contributed by atoms with Gasteiger partial charge in [0.2, 0.25) is 5.91 Å². The zero-order chi connectivity index (χ0) is 18.9. The van der Waals surface area contributed by atoms with Gasteiger partial charge in [0.05, 0.1) is 31.8 Å². The van der Waals surface area contributed by atoms with Crippen LogP contribution in [0.3, 0.4) is 0 Å². The Bertz CT molecular complexity index is 742. The van der Waals surface area contributed by atoms with E-state index in [1.54, 1.807) is 12.5 Å². The summed E-state index contributed by atoms with van der Waals surface area (Å²) in [5.74, 6) is 0.0476. The van der Waals surface area contributed by atoms with Crippen molar-refractivity contribution in [3.8, 4) is 0 Å². The SMILES string of the molecule is CCn1cncc1CNC(=O)CC1COCCN1CC=Cc1ccccc1. The molecule has 0 spiro atoms. The van der Waals surface area contributed by atoms with Gasteiger partial charge in [-0.05, 0) is 12.5 Å². The lowest BCUT2D eigenvalue weighted by molar-refractivity contribution is -0.124. The summed E-state index contributed by atoms with van der Waals surface area (Å²) >= 11 is 0. The molecule has 0 radical (unpaired) electrons. The van der Waals surface area contributed by atoms with Crippen LogP contribution in [0.25, 0.3) is 6.08 Å². The zero-order valence-corrected chi connectivity index (χ0v) is 15.9. The van der Waals surface area contributed by atoms with Crippen molar-refractivity contribution in [3.05, 3.63) is 60.2 Å². The maximum Gasteiger partial charge on any atom is 0.221 e. The first kappa shape index (κ1) is 19.3. The van der Waals surface area contributed by atoms with Crippen LogP contribution in [0.1, 0.15) is 24.6 Å². The summed E-state index contributed by atoms with van der Waals surface area (Å²) in [7, 11) is 0. The minimum Gasteiger partial charge on any atom is -0.378 e. The predicted molar refractivity (Wildman–Crippen MR) is 106 cm³/mol. The molecule has 1 fully saturated rings. The molecule has 6 nitrogen and oxygen atoms in total. The molecular weight excluding hydrogens is 340 g/mol. The van der Waals surface area contributed by atoms with Crippen LogP contribution in [0.5, 0.6) is 0 Å². The van der Waals surface area contributed by atoms with E-state index in [2.05, 4.69) is 46.4 Å². The second kappa shape index (κ2) is 10.0. The van der Waals surface area contributed by atoms with Gasteiger partial charge in [0, 0.05) is 38.3 Å². The Kier molecular flexibility index (Phi) is 7.19. The van der Waals surface area contributed by atoms with Gasteiger partial charge in [-0.1, -0.05) is 42.5 Å². The van der Waals surface area contributed by atoms with Crippen LogP contribution in [-0.4, -0.2) is 52.7 Å². The molecule has 1 amide bonds. The zero-order valence-electron chi connectivity index (χ0n) is 15.9. The number of ether oxygens (including phenoxy) is 1. The molecule has 144 valence electrons. The summed E-state index contributed by atoms with van der Waals surface area (Å²) in [6.07, 6.45) is 8.31. The molecule has 2 heterocycles. The highest BCUT2D eigenvalue weighted by Gasteiger charge is 2.24. The first-order valence-corrected chi connectivity index (χ1v) is 9.55. The molecule has 27 heavy (non-hydrogen) atoms. The highest BCUT2D eigenvalue weighted by atomic mass is 16.5. The highest BCUT2D eigenvalue weighted by Crippen LogP contribution is 2.12. The minimum atomic E-state index is 0.0476. The summed E-state index contributed by atoms with van der Waals surface area (Å²) in [4.78, 5) is 18.9. The number of nitrogens with zero attached hydrogens (tertiary/aromatic N) is 3. The van der Waals surface area contributed by atoms with Crippen molar-refractivity contribution in [3.63, 3.8) is 0 Å². The van der Waals surface area contributed by atoms with Gasteiger partial charge in [-0.3, -0.25) is 9.69 Å². The second-order valence-electron chi connectivity index (χ2n) is 6.69. The summed E-state index contributed by atoms with van der Waals surface area (Å²) in [5.41, 5.74) is 2.21. The molecule has 3 rings (SSSR count). The molecule has 0 aliphatic carbocycles. The van der Waals surface area contributed by atoms with E-state index in [-0.39, 0.29) is 11.9 Å². The van der Waals surface area contributed by atoms with Crippen molar-refractivity contribution in [2.24, 2.45) is 0 Å². The first-order chi connectivity index (χ1) is 13.3. The highest BCUT2D eigenvalue weighted by molar-refractivity contribution is 5.76. The van der Waals surface area contributed by atoms with Crippen molar-refractivity contribution < 1.29 is 9.53 Å². The third-order valence-corrected chi connectivity index (χ3v) is 4.83. The molecule has 1 aromatic carbocycles. The van der Waals surface area contributed by atoms with Crippen LogP contribution < -0.4 is 5.32 Å². The van der Waals surface area contributed by atoms with E-state index in [0.29, 0.717) is 26.2 Å². The Labute approximate surface area is 160 Å². The van der Waals surface area contributed by atoms with Crippen LogP contribution >= 0.6 is 0 Å². The van der Waals surface area contributed by atoms with Gasteiger partial charge in [-0.25, -0.2) is 4.98 Å². The van der Waals surface area contributed by atoms with E-state index in [0.717, 1.165) is 25.3 Å². The lowest BCUT2D eigenvalue weighted by Crippen LogP contribution is -2.47. The number of carbonyl (C=O) groups excluding carboxylic acids is 1. The van der Waals surface area contributed by atoms with Crippen LogP contribution in [0.15, 0.2) is 48.9 Å². The number of aryl methyl sites for hydroxylation is 1. The van der Waals surface area contributed by atoms with E-state index in [9.17, 15) is 4.79 Å². The first-order valence-electron chi connectivity index (χ1n) is 9.55. The fraction of sp³-hybridized carbons (Fsp3) is 0.429. The van der Waals surface area contributed by atoms with Crippen molar-refractivity contribution in [1.29, 1.82) is 0 Å². The fourth-order valence-corrected chi connectivity index (χ4v) is 3.26. The quantitative estimate of drug-likeness (QED) is 0.777. The lowest BCUT2D eigenvalue weighted by Gasteiger charge is -2.34. The summed E-state index contributed by atoms with van der Waals surface area (Å²) in [5, 5.41) is 3.01. The number of benzene rings is 1. The third kappa shape index (κ3) is 5.77. The maximum atomic E-state index is 12.4. The monoisotopic (exact) mass is 368 g/mol. The van der Waals surface area contributed by atoms with Gasteiger partial charge in [0.1, 0.15) is 0 Å². The average molecular weight is 368 g/mol. The Morgan fingerprint density at radius 1 is 1.37 bits per heavy atom. The van der Waals surface area contributed by atoms with Gasteiger partial charge in [-0.2, -0.15) is 0 Å². The fourth-order valence-electron chi connectivity index (χ4n) is 3.26. The van der Waals surface area contributed by atoms with Crippen LogP contribution in [0, 0.1) is 0 Å². The topological polar surface area (TPSA) is 59.4 Å². The molecular formula is C21H28N4O2. The Balaban J connectivity index is 1.49. The van der Waals surface area contributed by atoms with E-state index in [4.69, 9.17) is 4.74 Å². The van der Waals surface area contributed by atoms with Gasteiger partial charge < -0.3 is 14.6 Å². The average Bonchev–Trinajstić information content (AvgIpc) is 3.16. The molecule has 1 aromatic heterocycles. The molecule has 1 aliphatic rings. The van der Waals surface area contributed by atoms with Crippen molar-refractivity contribution in [2.45, 2.75) is 32.5 Å². The maximum absolute atomic E-state index is 12.4.